The maximum Gasteiger partial charge on any atom is 0.439 e. The molecule has 0 spiro atoms. The summed E-state index contributed by atoms with van der Waals surface area (Å²) in [5, 5.41) is 0. The smallest absolute Gasteiger partial charge is 0.243 e. The van der Waals surface area contributed by atoms with Gasteiger partial charge in [-0.15, -0.1) is 0 Å². The molecule has 2 saturated heterocycles. The van der Waals surface area contributed by atoms with Crippen LogP contribution in [0.2, 0.25) is 0 Å². The molecule has 2 fully saturated rings. The Hall–Kier alpha value is -1.54. The zero-order valence-corrected chi connectivity index (χ0v) is 14.3. The van der Waals surface area contributed by atoms with Gasteiger partial charge in [-0.2, -0.15) is 80.0 Å². The summed E-state index contributed by atoms with van der Waals surface area (Å²) < 4.78 is 216. The standard InChI is InChI=1S/C12H6F16N2O2/c13-5(14)9(21,22)31-10(23,24)6(15,16)29(5)3-1-2-4-30-7(17,18)11(25,26)32-12(27,28)8(30,19)20/h1-2H,3-4H2/b2-1-. The monoisotopic (exact) mass is 514 g/mol. The summed E-state index contributed by atoms with van der Waals surface area (Å²) in [4.78, 5) is -4.42. The van der Waals surface area contributed by atoms with Crippen molar-refractivity contribution in [3.63, 3.8) is 0 Å². The van der Waals surface area contributed by atoms with E-state index in [-0.39, 0.29) is 0 Å². The van der Waals surface area contributed by atoms with E-state index in [1.54, 1.807) is 0 Å². The number of rotatable bonds is 4. The fraction of sp³-hybridized carbons (Fsp3) is 0.833. The van der Waals surface area contributed by atoms with Crippen LogP contribution in [0.25, 0.3) is 0 Å². The van der Waals surface area contributed by atoms with Crippen LogP contribution in [0.3, 0.4) is 0 Å². The SMILES string of the molecule is FC1(F)OC(F)(F)C(F)(F)N(C/C=C\CN2C(F)(F)C(F)(F)OC(F)(F)C2(F)F)C1(F)F. The van der Waals surface area contributed by atoms with Gasteiger partial charge in [0.15, 0.2) is 0 Å². The van der Waals surface area contributed by atoms with Crippen molar-refractivity contribution in [2.75, 3.05) is 13.1 Å². The van der Waals surface area contributed by atoms with Crippen LogP contribution in [0.5, 0.6) is 0 Å². The molecule has 0 radical (unpaired) electrons. The molecule has 0 aromatic heterocycles. The van der Waals surface area contributed by atoms with Crippen molar-refractivity contribution in [1.82, 2.24) is 9.80 Å². The van der Waals surface area contributed by atoms with Gasteiger partial charge in [0.2, 0.25) is 0 Å². The van der Waals surface area contributed by atoms with E-state index in [2.05, 4.69) is 9.47 Å². The molecule has 2 aliphatic rings. The van der Waals surface area contributed by atoms with Gasteiger partial charge in [0, 0.05) is 13.1 Å². The highest BCUT2D eigenvalue weighted by atomic mass is 19.4. The Morgan fingerprint density at radius 1 is 0.406 bits per heavy atom. The lowest BCUT2D eigenvalue weighted by Gasteiger charge is -2.47. The molecule has 0 N–H and O–H groups in total. The Morgan fingerprint density at radius 2 is 0.594 bits per heavy atom. The highest BCUT2D eigenvalue weighted by Crippen LogP contribution is 2.56. The van der Waals surface area contributed by atoms with Crippen LogP contribution >= 0.6 is 0 Å². The van der Waals surface area contributed by atoms with Crippen LogP contribution < -0.4 is 0 Å². The second kappa shape index (κ2) is 6.98. The minimum absolute atomic E-state index is 0.419. The van der Waals surface area contributed by atoms with Gasteiger partial charge in [-0.1, -0.05) is 12.2 Å². The molecule has 32 heavy (non-hydrogen) atoms. The van der Waals surface area contributed by atoms with E-state index in [9.17, 15) is 70.2 Å². The van der Waals surface area contributed by atoms with Crippen LogP contribution in [0, 0.1) is 0 Å². The first-order valence-electron chi connectivity index (χ1n) is 7.52. The van der Waals surface area contributed by atoms with Crippen molar-refractivity contribution in [2.45, 2.75) is 48.6 Å². The van der Waals surface area contributed by atoms with Gasteiger partial charge >= 0.3 is 48.6 Å². The first-order valence-corrected chi connectivity index (χ1v) is 7.52. The van der Waals surface area contributed by atoms with E-state index in [0.717, 1.165) is 0 Å². The van der Waals surface area contributed by atoms with Crippen LogP contribution in [0.1, 0.15) is 0 Å². The fourth-order valence-electron chi connectivity index (χ4n) is 2.37. The topological polar surface area (TPSA) is 24.9 Å². The van der Waals surface area contributed by atoms with E-state index < -0.39 is 83.7 Å². The first kappa shape index (κ1) is 26.7. The number of alkyl halides is 16. The van der Waals surface area contributed by atoms with Crippen molar-refractivity contribution in [1.29, 1.82) is 0 Å². The van der Waals surface area contributed by atoms with Crippen LogP contribution in [-0.2, 0) is 9.47 Å². The molecule has 0 aliphatic carbocycles. The molecule has 188 valence electrons. The zero-order chi connectivity index (χ0) is 25.4. The van der Waals surface area contributed by atoms with Gasteiger partial charge in [0.05, 0.1) is 0 Å². The third kappa shape index (κ3) is 3.58. The molecule has 0 unspecified atom stereocenters. The largest absolute Gasteiger partial charge is 0.439 e. The number of morpholine rings is 2. The van der Waals surface area contributed by atoms with E-state index in [0.29, 0.717) is 0 Å². The van der Waals surface area contributed by atoms with Gasteiger partial charge < -0.3 is 0 Å². The number of ether oxygens (including phenoxy) is 2. The van der Waals surface area contributed by atoms with Gasteiger partial charge in [-0.3, -0.25) is 0 Å². The fourth-order valence-corrected chi connectivity index (χ4v) is 2.37. The van der Waals surface area contributed by atoms with Gasteiger partial charge in [0.1, 0.15) is 0 Å². The summed E-state index contributed by atoms with van der Waals surface area (Å²) in [7, 11) is 0. The van der Waals surface area contributed by atoms with Crippen molar-refractivity contribution in [2.24, 2.45) is 0 Å². The van der Waals surface area contributed by atoms with Gasteiger partial charge in [0.25, 0.3) is 0 Å². The van der Waals surface area contributed by atoms with E-state index >= 15 is 0 Å². The van der Waals surface area contributed by atoms with E-state index in [1.165, 1.54) is 0 Å². The Labute approximate surface area is 164 Å². The normalized spacial score (nSPS) is 32.1. The molecular weight excluding hydrogens is 508 g/mol. The second-order valence-electron chi connectivity index (χ2n) is 6.13. The lowest BCUT2D eigenvalue weighted by molar-refractivity contribution is -0.562. The highest BCUT2D eigenvalue weighted by molar-refractivity contribution is 5.02. The van der Waals surface area contributed by atoms with Gasteiger partial charge in [-0.25, -0.2) is 9.47 Å². The molecule has 2 aliphatic heterocycles. The molecule has 0 saturated carbocycles. The van der Waals surface area contributed by atoms with Crippen LogP contribution in [0.15, 0.2) is 12.2 Å². The molecule has 0 bridgehead atoms. The molecule has 20 heteroatoms. The van der Waals surface area contributed by atoms with E-state index in [4.69, 9.17) is 0 Å². The number of hydrogen-bond donors (Lipinski definition) is 0. The number of halogens is 16. The maximum absolute atomic E-state index is 13.5. The highest BCUT2D eigenvalue weighted by Gasteiger charge is 2.83. The van der Waals surface area contributed by atoms with Crippen LogP contribution in [-0.4, -0.2) is 71.5 Å². The summed E-state index contributed by atoms with van der Waals surface area (Å²) in [5.41, 5.74) is 0. The average molecular weight is 514 g/mol. The maximum atomic E-state index is 13.5. The quantitative estimate of drug-likeness (QED) is 0.302. The predicted octanol–water partition coefficient (Wildman–Crippen LogP) is 4.95. The molecule has 2 heterocycles. The summed E-state index contributed by atoms with van der Waals surface area (Å²) in [5.74, 6) is 0. The summed E-state index contributed by atoms with van der Waals surface area (Å²) in [6, 6.07) is -24.8. The molecule has 2 rings (SSSR count). The predicted molar refractivity (Wildman–Crippen MR) is 64.3 cm³/mol. The summed E-state index contributed by atoms with van der Waals surface area (Å²) in [6.45, 7) is -4.86. The molecule has 4 nitrogen and oxygen atoms in total. The lowest BCUT2D eigenvalue weighted by Crippen LogP contribution is -2.74. The Morgan fingerprint density at radius 3 is 0.781 bits per heavy atom. The first-order chi connectivity index (χ1) is 13.9. The van der Waals surface area contributed by atoms with Crippen molar-refractivity contribution in [3.05, 3.63) is 12.2 Å². The van der Waals surface area contributed by atoms with Crippen molar-refractivity contribution >= 4 is 0 Å². The van der Waals surface area contributed by atoms with Crippen molar-refractivity contribution in [3.8, 4) is 0 Å². The van der Waals surface area contributed by atoms with Crippen LogP contribution in [0.4, 0.5) is 70.2 Å². The molecule has 0 aromatic rings. The molecular formula is C12H6F16N2O2. The summed E-state index contributed by atoms with van der Waals surface area (Å²) >= 11 is 0. The van der Waals surface area contributed by atoms with E-state index in [1.807, 2.05) is 0 Å². The second-order valence-corrected chi connectivity index (χ2v) is 6.13. The zero-order valence-electron chi connectivity index (χ0n) is 14.3. The third-order valence-electron chi connectivity index (χ3n) is 4.01. The average Bonchev–Trinajstić information content (AvgIpc) is 2.52. The third-order valence-corrected chi connectivity index (χ3v) is 4.01. The van der Waals surface area contributed by atoms with Gasteiger partial charge in [-0.05, 0) is 0 Å². The Kier molecular flexibility index (Phi) is 5.83. The Bertz CT molecular complexity index is 652. The Balaban J connectivity index is 2.32. The molecule has 0 atom stereocenters. The van der Waals surface area contributed by atoms with Crippen molar-refractivity contribution < 1.29 is 79.7 Å². The summed E-state index contributed by atoms with van der Waals surface area (Å²) in [6.07, 6.45) is -25.8. The molecule has 0 amide bonds. The minimum Gasteiger partial charge on any atom is -0.243 e. The molecule has 0 aromatic carbocycles. The number of nitrogens with zero attached hydrogens (tertiary/aromatic N) is 2. The lowest BCUT2D eigenvalue weighted by atomic mass is 10.2. The number of hydrogen-bond acceptors (Lipinski definition) is 4. The minimum atomic E-state index is -6.25.